The lowest BCUT2D eigenvalue weighted by atomic mass is 9.96. The highest BCUT2D eigenvalue weighted by atomic mass is 19.1. The number of benzene rings is 1. The lowest BCUT2D eigenvalue weighted by molar-refractivity contribution is 0.0564. The largest absolute Gasteiger partial charge is 0.474 e. The summed E-state index contributed by atoms with van der Waals surface area (Å²) < 4.78 is 38.8. The van der Waals surface area contributed by atoms with Crippen molar-refractivity contribution in [2.75, 3.05) is 28.7 Å². The highest BCUT2D eigenvalue weighted by molar-refractivity contribution is 6.05. The van der Waals surface area contributed by atoms with Crippen LogP contribution in [-0.4, -0.2) is 58.7 Å². The molecule has 13 nitrogen and oxygen atoms in total. The van der Waals surface area contributed by atoms with E-state index in [1.165, 1.54) is 29.4 Å². The number of hydrogen-bond donors (Lipinski definition) is 2. The van der Waals surface area contributed by atoms with Gasteiger partial charge in [0.05, 0.1) is 24.2 Å². The van der Waals surface area contributed by atoms with Gasteiger partial charge in [0.25, 0.3) is 0 Å². The molecular weight excluding hydrogens is 623 g/mol. The predicted octanol–water partition coefficient (Wildman–Crippen LogP) is 7.47. The van der Waals surface area contributed by atoms with E-state index >= 15 is 4.39 Å². The summed E-state index contributed by atoms with van der Waals surface area (Å²) >= 11 is 0. The zero-order valence-electron chi connectivity index (χ0n) is 28.0. The lowest BCUT2D eigenvalue weighted by Gasteiger charge is -2.32. The second kappa shape index (κ2) is 13.1. The molecule has 48 heavy (non-hydrogen) atoms. The van der Waals surface area contributed by atoms with Gasteiger partial charge in [-0.05, 0) is 90.8 Å². The van der Waals surface area contributed by atoms with Crippen LogP contribution in [0.4, 0.5) is 36.0 Å². The maximum Gasteiger partial charge on any atom is 0.415 e. The smallest absolute Gasteiger partial charge is 0.415 e. The normalized spacial score (nSPS) is 17.5. The van der Waals surface area contributed by atoms with Crippen molar-refractivity contribution in [1.82, 2.24) is 9.97 Å². The van der Waals surface area contributed by atoms with E-state index in [2.05, 4.69) is 26.7 Å². The molecule has 1 aromatic carbocycles. The molecule has 2 unspecified atom stereocenters. The van der Waals surface area contributed by atoms with Gasteiger partial charge in [-0.2, -0.15) is 5.26 Å². The fourth-order valence-corrected chi connectivity index (χ4v) is 5.66. The van der Waals surface area contributed by atoms with Crippen LogP contribution < -0.4 is 20.3 Å². The fraction of sp³-hybridized carbons (Fsp3) is 0.471. The zero-order valence-corrected chi connectivity index (χ0v) is 28.0. The van der Waals surface area contributed by atoms with Crippen LogP contribution >= 0.6 is 0 Å². The number of nitriles is 1. The van der Waals surface area contributed by atoms with E-state index in [0.717, 1.165) is 6.42 Å². The SMILES string of the molecule is Cc1c(-c2cc3cc(NC(=O)OC4CCCC4C#N)ncc3c(NC(=O)OC(C)(C)C)c2F)cnc2c1N(C(=O)OC(C)(C)C)CCO2. The first kappa shape index (κ1) is 34.2. The standard InChI is InChI=1S/C34H39FN6O7/c1-18-22(16-38-29-28(18)41(11-12-45-29)32(44)48-34(5,6)7)21-13-20-14-25(39-30(42)46-24-10-8-9-19(24)15-36)37-17-23(20)27(26(21)35)40-31(43)47-33(2,3)4/h13-14,16-17,19,24H,8-12H2,1-7H3,(H,40,43)(H,37,39,42). The zero-order chi connectivity index (χ0) is 35.0. The third-order valence-corrected chi connectivity index (χ3v) is 7.69. The van der Waals surface area contributed by atoms with Crippen LogP contribution in [0.15, 0.2) is 24.5 Å². The van der Waals surface area contributed by atoms with Crippen molar-refractivity contribution in [3.05, 3.63) is 35.9 Å². The first-order valence-corrected chi connectivity index (χ1v) is 15.7. The minimum atomic E-state index is -0.890. The second-order valence-corrected chi connectivity index (χ2v) is 13.7. The summed E-state index contributed by atoms with van der Waals surface area (Å²) in [6, 6.07) is 5.21. The van der Waals surface area contributed by atoms with E-state index < -0.39 is 41.4 Å². The van der Waals surface area contributed by atoms with Gasteiger partial charge < -0.3 is 18.9 Å². The number of rotatable bonds is 4. The molecule has 2 aliphatic rings. The fourth-order valence-electron chi connectivity index (χ4n) is 5.66. The first-order valence-electron chi connectivity index (χ1n) is 15.7. The van der Waals surface area contributed by atoms with Gasteiger partial charge in [-0.3, -0.25) is 15.5 Å². The molecule has 254 valence electrons. The molecule has 1 fully saturated rings. The molecule has 0 radical (unpaired) electrons. The number of carbonyl (C=O) groups excluding carboxylic acids is 3. The monoisotopic (exact) mass is 662 g/mol. The maximum absolute atomic E-state index is 16.6. The summed E-state index contributed by atoms with van der Waals surface area (Å²) in [5.74, 6) is -0.886. The van der Waals surface area contributed by atoms with E-state index in [0.29, 0.717) is 35.0 Å². The van der Waals surface area contributed by atoms with Crippen molar-refractivity contribution >= 4 is 46.2 Å². The van der Waals surface area contributed by atoms with Gasteiger partial charge in [0.1, 0.15) is 35.4 Å². The number of nitrogens with zero attached hydrogens (tertiary/aromatic N) is 4. The van der Waals surface area contributed by atoms with Gasteiger partial charge in [-0.15, -0.1) is 0 Å². The van der Waals surface area contributed by atoms with Crippen LogP contribution in [-0.2, 0) is 14.2 Å². The molecule has 2 aromatic heterocycles. The summed E-state index contributed by atoms with van der Waals surface area (Å²) in [5, 5.41) is 15.1. The predicted molar refractivity (Wildman–Crippen MR) is 175 cm³/mol. The quantitative estimate of drug-likeness (QED) is 0.268. The molecule has 14 heteroatoms. The van der Waals surface area contributed by atoms with Crippen LogP contribution in [0.25, 0.3) is 21.9 Å². The van der Waals surface area contributed by atoms with Crippen LogP contribution in [0, 0.1) is 30.0 Å². The van der Waals surface area contributed by atoms with Gasteiger partial charge in [0, 0.05) is 28.9 Å². The molecule has 0 spiro atoms. The molecule has 3 aromatic rings. The maximum atomic E-state index is 16.6. The van der Waals surface area contributed by atoms with Crippen LogP contribution in [0.3, 0.4) is 0 Å². The van der Waals surface area contributed by atoms with E-state index in [-0.39, 0.29) is 47.4 Å². The average Bonchev–Trinajstić information content (AvgIpc) is 3.43. The Labute approximate surface area is 277 Å². The van der Waals surface area contributed by atoms with Crippen LogP contribution in [0.5, 0.6) is 5.88 Å². The number of nitrogens with one attached hydrogen (secondary N) is 2. The summed E-state index contributed by atoms with van der Waals surface area (Å²) in [6.45, 7) is 12.4. The molecule has 3 amide bonds. The molecule has 1 saturated carbocycles. The molecule has 0 saturated heterocycles. The van der Waals surface area contributed by atoms with Gasteiger partial charge in [0.15, 0.2) is 5.82 Å². The lowest BCUT2D eigenvalue weighted by Crippen LogP contribution is -2.42. The van der Waals surface area contributed by atoms with E-state index in [1.807, 2.05) is 0 Å². The van der Waals surface area contributed by atoms with Crippen molar-refractivity contribution < 1.29 is 37.7 Å². The Bertz CT molecular complexity index is 1810. The molecule has 5 rings (SSSR count). The summed E-state index contributed by atoms with van der Waals surface area (Å²) in [6.07, 6.45) is 1.97. The molecule has 3 heterocycles. The molecular formula is C34H39FN6O7. The molecule has 2 N–H and O–H groups in total. The van der Waals surface area contributed by atoms with Crippen molar-refractivity contribution in [3.8, 4) is 23.1 Å². The number of halogens is 1. The Morgan fingerprint density at radius 1 is 1.00 bits per heavy atom. The number of aromatic nitrogens is 2. The van der Waals surface area contributed by atoms with Crippen molar-refractivity contribution in [2.45, 2.75) is 85.0 Å². The Balaban J connectivity index is 1.58. The molecule has 0 bridgehead atoms. The molecule has 1 aliphatic heterocycles. The highest BCUT2D eigenvalue weighted by Gasteiger charge is 2.33. The minimum Gasteiger partial charge on any atom is -0.474 e. The topological polar surface area (TPSA) is 165 Å². The van der Waals surface area contributed by atoms with Crippen LogP contribution in [0.1, 0.15) is 66.4 Å². The number of pyridine rings is 2. The summed E-state index contributed by atoms with van der Waals surface area (Å²) in [5.41, 5.74) is -0.672. The number of amides is 3. The number of anilines is 3. The molecule has 1 aliphatic carbocycles. The Hall–Kier alpha value is -5.19. The van der Waals surface area contributed by atoms with E-state index in [4.69, 9.17) is 18.9 Å². The third kappa shape index (κ3) is 7.51. The first-order chi connectivity index (χ1) is 22.5. The van der Waals surface area contributed by atoms with Crippen molar-refractivity contribution in [1.29, 1.82) is 5.26 Å². The highest BCUT2D eigenvalue weighted by Crippen LogP contribution is 2.42. The van der Waals surface area contributed by atoms with Gasteiger partial charge in [-0.1, -0.05) is 0 Å². The van der Waals surface area contributed by atoms with E-state index in [1.54, 1.807) is 48.5 Å². The van der Waals surface area contributed by atoms with Crippen molar-refractivity contribution in [3.63, 3.8) is 0 Å². The van der Waals surface area contributed by atoms with Gasteiger partial charge in [-0.25, -0.2) is 28.7 Å². The van der Waals surface area contributed by atoms with Gasteiger partial charge >= 0.3 is 18.3 Å². The van der Waals surface area contributed by atoms with E-state index in [9.17, 15) is 19.6 Å². The molecule has 2 atom stereocenters. The number of fused-ring (bicyclic) bond motifs is 2. The average molecular weight is 663 g/mol. The second-order valence-electron chi connectivity index (χ2n) is 13.7. The van der Waals surface area contributed by atoms with Crippen molar-refractivity contribution in [2.24, 2.45) is 5.92 Å². The Morgan fingerprint density at radius 3 is 2.42 bits per heavy atom. The number of carbonyl (C=O) groups is 3. The minimum absolute atomic E-state index is 0.0404. The summed E-state index contributed by atoms with van der Waals surface area (Å²) in [7, 11) is 0. The number of ether oxygens (including phenoxy) is 4. The Kier molecular flexibility index (Phi) is 9.35. The van der Waals surface area contributed by atoms with Gasteiger partial charge in [0.2, 0.25) is 5.88 Å². The third-order valence-electron chi connectivity index (χ3n) is 7.69. The van der Waals surface area contributed by atoms with Crippen LogP contribution in [0.2, 0.25) is 0 Å². The summed E-state index contributed by atoms with van der Waals surface area (Å²) in [4.78, 5) is 48.9. The number of hydrogen-bond acceptors (Lipinski definition) is 10. The Morgan fingerprint density at radius 2 is 1.73 bits per heavy atom.